The molecule has 0 radical (unpaired) electrons. The minimum atomic E-state index is 0. The highest BCUT2D eigenvalue weighted by atomic mass is 35.5. The van der Waals surface area contributed by atoms with E-state index < -0.39 is 0 Å². The third-order valence-electron chi connectivity index (χ3n) is 3.73. The Morgan fingerprint density at radius 3 is 2.91 bits per heavy atom. The first-order chi connectivity index (χ1) is 10.6. The van der Waals surface area contributed by atoms with Gasteiger partial charge in [-0.25, -0.2) is 4.68 Å². The maximum absolute atomic E-state index is 12.2. The maximum atomic E-state index is 12.2. The second kappa shape index (κ2) is 8.02. The van der Waals surface area contributed by atoms with Gasteiger partial charge < -0.3 is 10.6 Å². The molecule has 2 aromatic rings. The molecule has 124 valence electrons. The number of carbonyl (C=O) groups excluding carboxylic acids is 1. The molecule has 0 aliphatic carbocycles. The lowest BCUT2D eigenvalue weighted by atomic mass is 10.1. The van der Waals surface area contributed by atoms with Crippen molar-refractivity contribution in [1.82, 2.24) is 15.1 Å². The summed E-state index contributed by atoms with van der Waals surface area (Å²) in [5.41, 5.74) is 0.896. The molecule has 1 aromatic heterocycles. The zero-order chi connectivity index (χ0) is 15.5. The van der Waals surface area contributed by atoms with Gasteiger partial charge in [0.25, 0.3) is 0 Å². The van der Waals surface area contributed by atoms with Gasteiger partial charge in [-0.15, -0.1) is 12.4 Å². The van der Waals surface area contributed by atoms with Crippen LogP contribution in [0.2, 0.25) is 10.0 Å². The molecule has 0 spiro atoms. The summed E-state index contributed by atoms with van der Waals surface area (Å²) in [6.07, 6.45) is 2.52. The van der Waals surface area contributed by atoms with Crippen LogP contribution in [0.4, 0.5) is 5.82 Å². The molecule has 2 heterocycles. The van der Waals surface area contributed by atoms with Gasteiger partial charge >= 0.3 is 0 Å². The SMILES string of the molecule is Cl.O=C(Nc1ccnn1Cc1ccc(Cl)cc1Cl)C1CCNC1. The zero-order valence-electron chi connectivity index (χ0n) is 12.3. The quantitative estimate of drug-likeness (QED) is 0.862. The molecule has 5 nitrogen and oxygen atoms in total. The van der Waals surface area contributed by atoms with Crippen LogP contribution in [0.3, 0.4) is 0 Å². The maximum Gasteiger partial charge on any atom is 0.229 e. The molecular weight excluding hydrogens is 359 g/mol. The number of aromatic nitrogens is 2. The fourth-order valence-electron chi connectivity index (χ4n) is 2.48. The molecule has 2 N–H and O–H groups in total. The molecule has 1 fully saturated rings. The summed E-state index contributed by atoms with van der Waals surface area (Å²) in [5, 5.41) is 11.5. The Hall–Kier alpha value is -1.27. The van der Waals surface area contributed by atoms with E-state index in [4.69, 9.17) is 23.2 Å². The second-order valence-electron chi connectivity index (χ2n) is 5.29. The lowest BCUT2D eigenvalue weighted by molar-refractivity contribution is -0.119. The topological polar surface area (TPSA) is 59.0 Å². The molecule has 0 saturated carbocycles. The van der Waals surface area contributed by atoms with Crippen molar-refractivity contribution >= 4 is 47.3 Å². The highest BCUT2D eigenvalue weighted by molar-refractivity contribution is 6.35. The van der Waals surface area contributed by atoms with Crippen molar-refractivity contribution in [3.05, 3.63) is 46.1 Å². The Balaban J connectivity index is 0.00000192. The van der Waals surface area contributed by atoms with Crippen molar-refractivity contribution in [2.75, 3.05) is 18.4 Å². The predicted octanol–water partition coefficient (Wildman–Crippen LogP) is 3.21. The van der Waals surface area contributed by atoms with Crippen LogP contribution in [0.5, 0.6) is 0 Å². The Morgan fingerprint density at radius 2 is 2.22 bits per heavy atom. The number of carbonyl (C=O) groups is 1. The molecule has 3 rings (SSSR count). The number of rotatable bonds is 4. The summed E-state index contributed by atoms with van der Waals surface area (Å²) in [4.78, 5) is 12.2. The molecule has 1 amide bonds. The van der Waals surface area contributed by atoms with Gasteiger partial charge in [0.2, 0.25) is 5.91 Å². The number of hydrogen-bond acceptors (Lipinski definition) is 3. The summed E-state index contributed by atoms with van der Waals surface area (Å²) in [7, 11) is 0. The molecule has 1 aromatic carbocycles. The van der Waals surface area contributed by atoms with Crippen LogP contribution in [0.1, 0.15) is 12.0 Å². The number of hydrogen-bond donors (Lipinski definition) is 2. The first-order valence-corrected chi connectivity index (χ1v) is 7.86. The summed E-state index contributed by atoms with van der Waals surface area (Å²) >= 11 is 12.1. The van der Waals surface area contributed by atoms with Crippen LogP contribution < -0.4 is 10.6 Å². The van der Waals surface area contributed by atoms with Crippen LogP contribution in [0, 0.1) is 5.92 Å². The summed E-state index contributed by atoms with van der Waals surface area (Å²) in [6.45, 7) is 2.09. The summed E-state index contributed by atoms with van der Waals surface area (Å²) in [5.74, 6) is 0.708. The van der Waals surface area contributed by atoms with Gasteiger partial charge in [0.15, 0.2) is 0 Å². The lowest BCUT2D eigenvalue weighted by Gasteiger charge is -2.12. The smallest absolute Gasteiger partial charge is 0.229 e. The van der Waals surface area contributed by atoms with E-state index in [1.54, 1.807) is 29.1 Å². The van der Waals surface area contributed by atoms with Gasteiger partial charge in [-0.1, -0.05) is 29.3 Å². The molecule has 23 heavy (non-hydrogen) atoms. The molecule has 0 bridgehead atoms. The Bertz CT molecular complexity index is 683. The van der Waals surface area contributed by atoms with E-state index in [2.05, 4.69) is 15.7 Å². The molecule has 1 aliphatic rings. The largest absolute Gasteiger partial charge is 0.316 e. The van der Waals surface area contributed by atoms with E-state index in [1.807, 2.05) is 6.07 Å². The number of nitrogens with zero attached hydrogens (tertiary/aromatic N) is 2. The Labute approximate surface area is 150 Å². The normalized spacial score (nSPS) is 16.9. The van der Waals surface area contributed by atoms with Gasteiger partial charge in [-0.2, -0.15) is 5.10 Å². The fourth-order valence-corrected chi connectivity index (χ4v) is 2.95. The van der Waals surface area contributed by atoms with Crippen molar-refractivity contribution in [3.8, 4) is 0 Å². The van der Waals surface area contributed by atoms with E-state index >= 15 is 0 Å². The van der Waals surface area contributed by atoms with Crippen LogP contribution in [0.15, 0.2) is 30.5 Å². The van der Waals surface area contributed by atoms with E-state index in [0.29, 0.717) is 22.4 Å². The standard InChI is InChI=1S/C15H16Cl2N4O.ClH/c16-12-2-1-11(13(17)7-12)9-21-14(4-6-19-21)20-15(22)10-3-5-18-8-10;/h1-2,4,6-7,10,18H,3,5,8-9H2,(H,20,22);1H. The van der Waals surface area contributed by atoms with Crippen LogP contribution in [0.25, 0.3) is 0 Å². The molecule has 1 aliphatic heterocycles. The second-order valence-corrected chi connectivity index (χ2v) is 6.13. The molecule has 8 heteroatoms. The summed E-state index contributed by atoms with van der Waals surface area (Å²) < 4.78 is 1.72. The molecular formula is C15H17Cl3N4O. The molecule has 1 atom stereocenters. The highest BCUT2D eigenvalue weighted by Gasteiger charge is 2.23. The number of halogens is 3. The van der Waals surface area contributed by atoms with Gasteiger partial charge in [-0.05, 0) is 30.7 Å². The number of nitrogens with one attached hydrogen (secondary N) is 2. The van der Waals surface area contributed by atoms with Crippen LogP contribution >= 0.6 is 35.6 Å². The fraction of sp³-hybridized carbons (Fsp3) is 0.333. The average Bonchev–Trinajstić information content (AvgIpc) is 3.14. The van der Waals surface area contributed by atoms with Crippen LogP contribution in [-0.2, 0) is 11.3 Å². The Kier molecular flexibility index (Phi) is 6.30. The van der Waals surface area contributed by atoms with Crippen molar-refractivity contribution in [2.45, 2.75) is 13.0 Å². The van der Waals surface area contributed by atoms with Crippen LogP contribution in [-0.4, -0.2) is 28.8 Å². The first kappa shape index (κ1) is 18.1. The van der Waals surface area contributed by atoms with E-state index in [1.165, 1.54) is 0 Å². The molecule has 1 unspecified atom stereocenters. The zero-order valence-corrected chi connectivity index (χ0v) is 14.6. The Morgan fingerprint density at radius 1 is 1.39 bits per heavy atom. The minimum Gasteiger partial charge on any atom is -0.316 e. The molecule has 1 saturated heterocycles. The van der Waals surface area contributed by atoms with E-state index in [9.17, 15) is 4.79 Å². The number of benzene rings is 1. The van der Waals surface area contributed by atoms with Gasteiger partial charge in [0, 0.05) is 22.7 Å². The monoisotopic (exact) mass is 374 g/mol. The van der Waals surface area contributed by atoms with Crippen molar-refractivity contribution in [2.24, 2.45) is 5.92 Å². The van der Waals surface area contributed by atoms with Crippen molar-refractivity contribution in [1.29, 1.82) is 0 Å². The number of amides is 1. The number of anilines is 1. The van der Waals surface area contributed by atoms with Gasteiger partial charge in [0.05, 0.1) is 18.7 Å². The van der Waals surface area contributed by atoms with E-state index in [-0.39, 0.29) is 24.2 Å². The summed E-state index contributed by atoms with van der Waals surface area (Å²) in [6, 6.07) is 7.13. The van der Waals surface area contributed by atoms with Crippen molar-refractivity contribution < 1.29 is 4.79 Å². The minimum absolute atomic E-state index is 0. The third-order valence-corrected chi connectivity index (χ3v) is 4.32. The van der Waals surface area contributed by atoms with E-state index in [0.717, 1.165) is 25.1 Å². The van der Waals surface area contributed by atoms with Gasteiger partial charge in [0.1, 0.15) is 5.82 Å². The van der Waals surface area contributed by atoms with Gasteiger partial charge in [-0.3, -0.25) is 4.79 Å². The van der Waals surface area contributed by atoms with Crippen molar-refractivity contribution in [3.63, 3.8) is 0 Å². The average molecular weight is 376 g/mol. The third kappa shape index (κ3) is 4.38. The highest BCUT2D eigenvalue weighted by Crippen LogP contribution is 2.23. The first-order valence-electron chi connectivity index (χ1n) is 7.11. The predicted molar refractivity (Wildman–Crippen MR) is 94.6 cm³/mol. The lowest BCUT2D eigenvalue weighted by Crippen LogP contribution is -2.26.